The molecule has 10 heteroatoms. The Balaban J connectivity index is 1.54. The first kappa shape index (κ1) is 22.8. The molecular formula is C24H26N8O2. The largest absolute Gasteiger partial charge is 0.383 e. The first-order valence-electron chi connectivity index (χ1n) is 11.0. The molecule has 34 heavy (non-hydrogen) atoms. The van der Waals surface area contributed by atoms with Crippen LogP contribution in [-0.2, 0) is 4.79 Å². The van der Waals surface area contributed by atoms with Crippen LogP contribution >= 0.6 is 0 Å². The van der Waals surface area contributed by atoms with Crippen LogP contribution in [0, 0.1) is 5.41 Å². The maximum atomic E-state index is 12.5. The second-order valence-corrected chi connectivity index (χ2v) is 8.08. The zero-order chi connectivity index (χ0) is 24.1. The number of nitrogen functional groups attached to an aromatic ring is 1. The third kappa shape index (κ3) is 4.85. The Morgan fingerprint density at radius 1 is 1.15 bits per heavy atom. The molecule has 3 aromatic rings. The molecule has 0 saturated carbocycles. The standard InChI is InChI=1S/C24H26N8O2/c1-15-18(5-4-12-32(15)14-33)30-23-20(22(26)28-13-29-23)21(25)16-7-9-17(10-8-16)24(34)31-19-6-2-3-11-27-19/h2-3,6-11,13-15,18,25H,4-5,12H2,1H3,(H,27,31,34)(H3,26,28,29,30)/t15-,18?/m1/s1. The Hall–Kier alpha value is -4.34. The lowest BCUT2D eigenvalue weighted by Gasteiger charge is -2.37. The van der Waals surface area contributed by atoms with Gasteiger partial charge in [0.2, 0.25) is 6.41 Å². The van der Waals surface area contributed by atoms with E-state index >= 15 is 0 Å². The number of amides is 2. The highest BCUT2D eigenvalue weighted by Crippen LogP contribution is 2.26. The Morgan fingerprint density at radius 3 is 2.62 bits per heavy atom. The predicted molar refractivity (Wildman–Crippen MR) is 130 cm³/mol. The Morgan fingerprint density at radius 2 is 1.91 bits per heavy atom. The third-order valence-electron chi connectivity index (χ3n) is 5.96. The molecule has 1 aliphatic heterocycles. The van der Waals surface area contributed by atoms with Crippen molar-refractivity contribution in [1.82, 2.24) is 19.9 Å². The number of nitrogens with one attached hydrogen (secondary N) is 3. The summed E-state index contributed by atoms with van der Waals surface area (Å²) in [6.45, 7) is 2.70. The van der Waals surface area contributed by atoms with Gasteiger partial charge in [-0.25, -0.2) is 15.0 Å². The molecule has 0 spiro atoms. The summed E-state index contributed by atoms with van der Waals surface area (Å²) in [5, 5.41) is 14.9. The van der Waals surface area contributed by atoms with E-state index in [-0.39, 0.29) is 29.5 Å². The molecule has 174 valence electrons. The summed E-state index contributed by atoms with van der Waals surface area (Å²) in [4.78, 5) is 38.1. The molecular weight excluding hydrogens is 432 g/mol. The maximum Gasteiger partial charge on any atom is 0.256 e. The topological polar surface area (TPSA) is 150 Å². The number of nitrogens with zero attached hydrogens (tertiary/aromatic N) is 4. The van der Waals surface area contributed by atoms with Gasteiger partial charge in [-0.15, -0.1) is 0 Å². The van der Waals surface area contributed by atoms with Gasteiger partial charge in [-0.3, -0.25) is 15.0 Å². The van der Waals surface area contributed by atoms with Crippen molar-refractivity contribution in [3.63, 3.8) is 0 Å². The summed E-state index contributed by atoms with van der Waals surface area (Å²) in [5.41, 5.74) is 7.65. The molecule has 0 radical (unpaired) electrons. The van der Waals surface area contributed by atoms with Crippen LogP contribution in [0.15, 0.2) is 55.0 Å². The third-order valence-corrected chi connectivity index (χ3v) is 5.96. The molecule has 10 nitrogen and oxygen atoms in total. The van der Waals surface area contributed by atoms with Crippen molar-refractivity contribution < 1.29 is 9.59 Å². The van der Waals surface area contributed by atoms with E-state index in [0.717, 1.165) is 25.8 Å². The van der Waals surface area contributed by atoms with E-state index in [1.807, 2.05) is 6.92 Å². The Bertz CT molecular complexity index is 1180. The van der Waals surface area contributed by atoms with Crippen molar-refractivity contribution in [1.29, 1.82) is 5.41 Å². The minimum atomic E-state index is -0.298. The summed E-state index contributed by atoms with van der Waals surface area (Å²) in [6, 6.07) is 11.9. The van der Waals surface area contributed by atoms with E-state index in [0.29, 0.717) is 28.3 Å². The number of hydrogen-bond acceptors (Lipinski definition) is 8. The van der Waals surface area contributed by atoms with E-state index in [9.17, 15) is 9.59 Å². The van der Waals surface area contributed by atoms with Crippen LogP contribution in [-0.4, -0.2) is 56.5 Å². The number of piperidine rings is 1. The number of benzene rings is 1. The first-order valence-corrected chi connectivity index (χ1v) is 11.0. The average Bonchev–Trinajstić information content (AvgIpc) is 2.86. The van der Waals surface area contributed by atoms with Crippen LogP contribution in [0.1, 0.15) is 41.3 Å². The molecule has 5 N–H and O–H groups in total. The number of anilines is 3. The van der Waals surface area contributed by atoms with Crippen LogP contribution < -0.4 is 16.4 Å². The van der Waals surface area contributed by atoms with E-state index in [1.54, 1.807) is 53.6 Å². The SMILES string of the molecule is C[C@@H]1C(Nc2ncnc(N)c2C(=N)c2ccc(C(=O)Nc3ccccn3)cc2)CCCN1C=O. The number of nitrogens with two attached hydrogens (primary N) is 1. The molecule has 1 saturated heterocycles. The fraction of sp³-hybridized carbons (Fsp3) is 0.250. The van der Waals surface area contributed by atoms with Crippen LogP contribution in [0.3, 0.4) is 0 Å². The number of carbonyl (C=O) groups excluding carboxylic acids is 2. The summed E-state index contributed by atoms with van der Waals surface area (Å²) < 4.78 is 0. The monoisotopic (exact) mass is 458 g/mol. The fourth-order valence-corrected chi connectivity index (χ4v) is 4.00. The van der Waals surface area contributed by atoms with Crippen molar-refractivity contribution in [2.24, 2.45) is 0 Å². The minimum Gasteiger partial charge on any atom is -0.383 e. The number of pyridine rings is 1. The smallest absolute Gasteiger partial charge is 0.256 e. The van der Waals surface area contributed by atoms with Crippen molar-refractivity contribution in [2.45, 2.75) is 31.8 Å². The van der Waals surface area contributed by atoms with Gasteiger partial charge in [-0.2, -0.15) is 0 Å². The zero-order valence-electron chi connectivity index (χ0n) is 18.7. The summed E-state index contributed by atoms with van der Waals surface area (Å²) >= 11 is 0. The first-order chi connectivity index (χ1) is 16.5. The maximum absolute atomic E-state index is 12.5. The second-order valence-electron chi connectivity index (χ2n) is 8.08. The lowest BCUT2D eigenvalue weighted by Crippen LogP contribution is -2.49. The average molecular weight is 459 g/mol. The van der Waals surface area contributed by atoms with Gasteiger partial charge in [0.25, 0.3) is 5.91 Å². The van der Waals surface area contributed by atoms with E-state index < -0.39 is 0 Å². The molecule has 1 unspecified atom stereocenters. The Kier molecular flexibility index (Phi) is 6.77. The number of carbonyl (C=O) groups is 2. The number of rotatable bonds is 7. The molecule has 0 aliphatic carbocycles. The molecule has 0 bridgehead atoms. The number of hydrogen-bond donors (Lipinski definition) is 4. The van der Waals surface area contributed by atoms with E-state index in [1.165, 1.54) is 6.33 Å². The fourth-order valence-electron chi connectivity index (χ4n) is 4.00. The predicted octanol–water partition coefficient (Wildman–Crippen LogP) is 2.54. The van der Waals surface area contributed by atoms with Crippen molar-refractivity contribution in [2.75, 3.05) is 22.9 Å². The minimum absolute atomic E-state index is 0.0265. The van der Waals surface area contributed by atoms with Crippen LogP contribution in [0.5, 0.6) is 0 Å². The molecule has 2 aromatic heterocycles. The van der Waals surface area contributed by atoms with Gasteiger partial charge in [0.05, 0.1) is 11.3 Å². The molecule has 4 rings (SSSR count). The zero-order valence-corrected chi connectivity index (χ0v) is 18.7. The number of likely N-dealkylation sites (tertiary alicyclic amines) is 1. The van der Waals surface area contributed by atoms with Crippen LogP contribution in [0.25, 0.3) is 0 Å². The van der Waals surface area contributed by atoms with Crippen LogP contribution in [0.4, 0.5) is 17.5 Å². The molecule has 1 aliphatic rings. The lowest BCUT2D eigenvalue weighted by atomic mass is 9.97. The van der Waals surface area contributed by atoms with Gasteiger partial charge in [-0.05, 0) is 44.0 Å². The van der Waals surface area contributed by atoms with E-state index in [4.69, 9.17) is 11.1 Å². The van der Waals surface area contributed by atoms with Crippen molar-refractivity contribution in [3.8, 4) is 0 Å². The normalized spacial score (nSPS) is 17.6. The highest BCUT2D eigenvalue weighted by atomic mass is 16.1. The van der Waals surface area contributed by atoms with Gasteiger partial charge >= 0.3 is 0 Å². The van der Waals surface area contributed by atoms with Crippen molar-refractivity contribution in [3.05, 3.63) is 71.7 Å². The number of aromatic nitrogens is 3. The lowest BCUT2D eigenvalue weighted by molar-refractivity contribution is -0.121. The molecule has 2 atom stereocenters. The van der Waals surface area contributed by atoms with Crippen LogP contribution in [0.2, 0.25) is 0 Å². The molecule has 3 heterocycles. The van der Waals surface area contributed by atoms with Gasteiger partial charge in [0, 0.05) is 36.0 Å². The Labute approximate surface area is 197 Å². The van der Waals surface area contributed by atoms with Gasteiger partial charge < -0.3 is 21.3 Å². The quantitative estimate of drug-likeness (QED) is 0.314. The highest BCUT2D eigenvalue weighted by Gasteiger charge is 2.28. The van der Waals surface area contributed by atoms with Gasteiger partial charge in [0.1, 0.15) is 23.8 Å². The summed E-state index contributed by atoms with van der Waals surface area (Å²) in [7, 11) is 0. The molecule has 1 fully saturated rings. The molecule has 2 amide bonds. The second kappa shape index (κ2) is 10.1. The van der Waals surface area contributed by atoms with E-state index in [2.05, 4.69) is 25.6 Å². The summed E-state index contributed by atoms with van der Waals surface area (Å²) in [5.74, 6) is 0.779. The molecule has 1 aromatic carbocycles. The van der Waals surface area contributed by atoms with Crippen molar-refractivity contribution >= 4 is 35.5 Å². The summed E-state index contributed by atoms with van der Waals surface area (Å²) in [6.07, 6.45) is 5.55. The highest BCUT2D eigenvalue weighted by molar-refractivity contribution is 6.16. The van der Waals surface area contributed by atoms with Gasteiger partial charge in [-0.1, -0.05) is 18.2 Å². The van der Waals surface area contributed by atoms with Gasteiger partial charge in [0.15, 0.2) is 0 Å².